The van der Waals surface area contributed by atoms with Crippen molar-refractivity contribution in [2.75, 3.05) is 6.54 Å². The zero-order valence-electron chi connectivity index (χ0n) is 11.6. The SMILES string of the molecule is CC1CCC(NCC2CC3CCC2C3)C(C)C1. The van der Waals surface area contributed by atoms with Crippen LogP contribution in [0.3, 0.4) is 0 Å². The van der Waals surface area contributed by atoms with E-state index in [-0.39, 0.29) is 0 Å². The van der Waals surface area contributed by atoms with E-state index in [1.165, 1.54) is 38.6 Å². The van der Waals surface area contributed by atoms with Crippen LogP contribution in [0.25, 0.3) is 0 Å². The summed E-state index contributed by atoms with van der Waals surface area (Å²) < 4.78 is 0. The summed E-state index contributed by atoms with van der Waals surface area (Å²) >= 11 is 0. The average Bonchev–Trinajstić information content (AvgIpc) is 2.89. The number of fused-ring (bicyclic) bond motifs is 2. The van der Waals surface area contributed by atoms with Gasteiger partial charge in [-0.1, -0.05) is 20.3 Å². The molecule has 0 aromatic carbocycles. The van der Waals surface area contributed by atoms with Gasteiger partial charge < -0.3 is 5.32 Å². The third-order valence-corrected chi connectivity index (χ3v) is 5.96. The lowest BCUT2D eigenvalue weighted by molar-refractivity contribution is 0.209. The molecular formula is C16H29N. The molecule has 6 atom stereocenters. The van der Waals surface area contributed by atoms with Crippen molar-refractivity contribution in [3.63, 3.8) is 0 Å². The van der Waals surface area contributed by atoms with Crippen LogP contribution in [0.1, 0.15) is 58.8 Å². The minimum atomic E-state index is 0.824. The number of nitrogens with one attached hydrogen (secondary N) is 1. The van der Waals surface area contributed by atoms with Crippen LogP contribution in [-0.4, -0.2) is 12.6 Å². The van der Waals surface area contributed by atoms with Gasteiger partial charge in [-0.3, -0.25) is 0 Å². The van der Waals surface area contributed by atoms with Crippen LogP contribution < -0.4 is 5.32 Å². The third kappa shape index (κ3) is 2.54. The standard InChI is InChI=1S/C16H29N/c1-11-3-6-16(12(2)7-11)17-10-15-9-13-4-5-14(15)8-13/h11-17H,3-10H2,1-2H3. The Morgan fingerprint density at radius 3 is 2.47 bits per heavy atom. The third-order valence-electron chi connectivity index (χ3n) is 5.96. The second-order valence-electron chi connectivity index (χ2n) is 7.35. The van der Waals surface area contributed by atoms with Gasteiger partial charge in [-0.15, -0.1) is 0 Å². The van der Waals surface area contributed by atoms with E-state index >= 15 is 0 Å². The number of hydrogen-bond acceptors (Lipinski definition) is 1. The Labute approximate surface area is 107 Å². The van der Waals surface area contributed by atoms with Crippen LogP contribution in [0.15, 0.2) is 0 Å². The molecule has 2 bridgehead atoms. The zero-order chi connectivity index (χ0) is 11.8. The van der Waals surface area contributed by atoms with E-state index in [0.717, 1.165) is 35.6 Å². The van der Waals surface area contributed by atoms with Crippen LogP contribution in [0.4, 0.5) is 0 Å². The van der Waals surface area contributed by atoms with E-state index in [4.69, 9.17) is 0 Å². The van der Waals surface area contributed by atoms with Crippen LogP contribution in [0.2, 0.25) is 0 Å². The molecule has 0 amide bonds. The van der Waals surface area contributed by atoms with Gasteiger partial charge in [0, 0.05) is 6.04 Å². The Balaban J connectivity index is 1.45. The summed E-state index contributed by atoms with van der Waals surface area (Å²) in [5.74, 6) is 5.09. The zero-order valence-corrected chi connectivity index (χ0v) is 11.6. The average molecular weight is 235 g/mol. The Hall–Kier alpha value is -0.0400. The van der Waals surface area contributed by atoms with Gasteiger partial charge in [0.15, 0.2) is 0 Å². The van der Waals surface area contributed by atoms with Crippen molar-refractivity contribution >= 4 is 0 Å². The van der Waals surface area contributed by atoms with Crippen molar-refractivity contribution in [2.24, 2.45) is 29.6 Å². The quantitative estimate of drug-likeness (QED) is 0.784. The molecule has 1 heteroatoms. The molecule has 0 aliphatic heterocycles. The molecule has 0 saturated heterocycles. The fourth-order valence-corrected chi connectivity index (χ4v) is 4.90. The molecule has 3 aliphatic rings. The Bertz CT molecular complexity index is 262. The molecule has 17 heavy (non-hydrogen) atoms. The van der Waals surface area contributed by atoms with Crippen molar-refractivity contribution in [1.82, 2.24) is 5.32 Å². The molecule has 0 radical (unpaired) electrons. The molecule has 0 aromatic heterocycles. The first-order chi connectivity index (χ1) is 8.22. The fourth-order valence-electron chi connectivity index (χ4n) is 4.90. The van der Waals surface area contributed by atoms with Crippen LogP contribution in [0, 0.1) is 29.6 Å². The smallest absolute Gasteiger partial charge is 0.00930 e. The predicted octanol–water partition coefficient (Wildman–Crippen LogP) is 3.84. The molecule has 3 aliphatic carbocycles. The van der Waals surface area contributed by atoms with E-state index < -0.39 is 0 Å². The predicted molar refractivity (Wildman–Crippen MR) is 72.9 cm³/mol. The highest BCUT2D eigenvalue weighted by atomic mass is 14.9. The minimum Gasteiger partial charge on any atom is -0.313 e. The maximum atomic E-state index is 3.92. The molecule has 1 nitrogen and oxygen atoms in total. The van der Waals surface area contributed by atoms with Crippen LogP contribution in [0.5, 0.6) is 0 Å². The summed E-state index contributed by atoms with van der Waals surface area (Å²) in [6, 6.07) is 0.824. The Morgan fingerprint density at radius 1 is 0.941 bits per heavy atom. The van der Waals surface area contributed by atoms with Crippen LogP contribution in [-0.2, 0) is 0 Å². The van der Waals surface area contributed by atoms with Crippen molar-refractivity contribution in [2.45, 2.75) is 64.8 Å². The second-order valence-corrected chi connectivity index (χ2v) is 7.35. The number of rotatable bonds is 3. The van der Waals surface area contributed by atoms with E-state index in [0.29, 0.717) is 0 Å². The molecule has 0 aromatic rings. The van der Waals surface area contributed by atoms with E-state index in [2.05, 4.69) is 19.2 Å². The van der Waals surface area contributed by atoms with E-state index in [1.54, 1.807) is 12.8 Å². The highest BCUT2D eigenvalue weighted by Crippen LogP contribution is 2.48. The normalized spacial score (nSPS) is 49.8. The van der Waals surface area contributed by atoms with Gasteiger partial charge in [0.2, 0.25) is 0 Å². The number of hydrogen-bond donors (Lipinski definition) is 1. The monoisotopic (exact) mass is 235 g/mol. The fraction of sp³-hybridized carbons (Fsp3) is 1.00. The lowest BCUT2D eigenvalue weighted by atomic mass is 9.79. The summed E-state index contributed by atoms with van der Waals surface area (Å²) in [5.41, 5.74) is 0. The maximum Gasteiger partial charge on any atom is 0.00930 e. The molecule has 3 saturated carbocycles. The Morgan fingerprint density at radius 2 is 1.82 bits per heavy atom. The van der Waals surface area contributed by atoms with Gasteiger partial charge in [-0.2, -0.15) is 0 Å². The molecule has 0 heterocycles. The van der Waals surface area contributed by atoms with Crippen LogP contribution >= 0.6 is 0 Å². The van der Waals surface area contributed by atoms with Crippen molar-refractivity contribution < 1.29 is 0 Å². The molecule has 1 N–H and O–H groups in total. The lowest BCUT2D eigenvalue weighted by Crippen LogP contribution is -2.42. The van der Waals surface area contributed by atoms with Gasteiger partial charge in [-0.25, -0.2) is 0 Å². The molecule has 98 valence electrons. The van der Waals surface area contributed by atoms with Crippen molar-refractivity contribution in [1.29, 1.82) is 0 Å². The van der Waals surface area contributed by atoms with Gasteiger partial charge in [0.05, 0.1) is 0 Å². The lowest BCUT2D eigenvalue weighted by Gasteiger charge is -2.35. The highest BCUT2D eigenvalue weighted by molar-refractivity contribution is 4.92. The van der Waals surface area contributed by atoms with Crippen molar-refractivity contribution in [3.05, 3.63) is 0 Å². The van der Waals surface area contributed by atoms with Gasteiger partial charge >= 0.3 is 0 Å². The summed E-state index contributed by atoms with van der Waals surface area (Å²) in [7, 11) is 0. The summed E-state index contributed by atoms with van der Waals surface area (Å²) in [6.45, 7) is 6.20. The highest BCUT2D eigenvalue weighted by Gasteiger charge is 2.39. The summed E-state index contributed by atoms with van der Waals surface area (Å²) in [6.07, 6.45) is 10.5. The second kappa shape index (κ2) is 4.91. The van der Waals surface area contributed by atoms with E-state index in [1.807, 2.05) is 0 Å². The molecule has 3 fully saturated rings. The molecule has 6 unspecified atom stereocenters. The minimum absolute atomic E-state index is 0.824. The first-order valence-electron chi connectivity index (χ1n) is 7.95. The molecular weight excluding hydrogens is 206 g/mol. The van der Waals surface area contributed by atoms with Gasteiger partial charge in [0.25, 0.3) is 0 Å². The first-order valence-corrected chi connectivity index (χ1v) is 7.95. The van der Waals surface area contributed by atoms with Crippen molar-refractivity contribution in [3.8, 4) is 0 Å². The van der Waals surface area contributed by atoms with E-state index in [9.17, 15) is 0 Å². The maximum absolute atomic E-state index is 3.92. The molecule has 3 rings (SSSR count). The summed E-state index contributed by atoms with van der Waals surface area (Å²) in [4.78, 5) is 0. The molecule has 0 spiro atoms. The van der Waals surface area contributed by atoms with Gasteiger partial charge in [0.1, 0.15) is 0 Å². The topological polar surface area (TPSA) is 12.0 Å². The largest absolute Gasteiger partial charge is 0.313 e. The van der Waals surface area contributed by atoms with Gasteiger partial charge in [-0.05, 0) is 74.7 Å². The Kier molecular flexibility index (Phi) is 3.47. The first kappa shape index (κ1) is 12.0. The summed E-state index contributed by atoms with van der Waals surface area (Å²) in [5, 5.41) is 3.92.